The minimum absolute atomic E-state index is 0.206. The summed E-state index contributed by atoms with van der Waals surface area (Å²) in [5, 5.41) is 6.97. The fourth-order valence-corrected chi connectivity index (χ4v) is 3.58. The number of esters is 1. The SMILES string of the molecule is COC(=O)COc1c(Br)cc(/C=N/NC(=O)C(NC(=O)c2ccccc2Cl)C(C)C)cc1OC. The maximum Gasteiger partial charge on any atom is 0.343 e. The van der Waals surface area contributed by atoms with E-state index in [4.69, 9.17) is 21.1 Å². The minimum atomic E-state index is -0.837. The third-order valence-corrected chi connectivity index (χ3v) is 5.48. The lowest BCUT2D eigenvalue weighted by molar-refractivity contribution is -0.143. The van der Waals surface area contributed by atoms with Crippen LogP contribution < -0.4 is 20.2 Å². The molecular formula is C23H25BrClN3O6. The van der Waals surface area contributed by atoms with Gasteiger partial charge in [-0.1, -0.05) is 37.6 Å². The second-order valence-electron chi connectivity index (χ2n) is 7.31. The smallest absolute Gasteiger partial charge is 0.343 e. The number of nitrogens with one attached hydrogen (secondary N) is 2. The Labute approximate surface area is 210 Å². The number of rotatable bonds is 10. The number of nitrogens with zero attached hydrogens (tertiary/aromatic N) is 1. The van der Waals surface area contributed by atoms with E-state index in [1.54, 1.807) is 50.2 Å². The van der Waals surface area contributed by atoms with Gasteiger partial charge in [0, 0.05) is 0 Å². The lowest BCUT2D eigenvalue weighted by Crippen LogP contribution is -2.48. The number of benzene rings is 2. The maximum absolute atomic E-state index is 12.7. The van der Waals surface area contributed by atoms with Gasteiger partial charge in [-0.05, 0) is 51.7 Å². The van der Waals surface area contributed by atoms with Crippen LogP contribution in [0.1, 0.15) is 29.8 Å². The molecule has 0 aliphatic rings. The number of carbonyl (C=O) groups is 3. The Morgan fingerprint density at radius 3 is 2.50 bits per heavy atom. The van der Waals surface area contributed by atoms with Crippen LogP contribution in [0.25, 0.3) is 0 Å². The number of amides is 2. The highest BCUT2D eigenvalue weighted by Crippen LogP contribution is 2.36. The second kappa shape index (κ2) is 13.0. The Kier molecular flexibility index (Phi) is 10.3. The van der Waals surface area contributed by atoms with Crippen molar-refractivity contribution in [2.75, 3.05) is 20.8 Å². The first-order valence-electron chi connectivity index (χ1n) is 10.1. The van der Waals surface area contributed by atoms with E-state index < -0.39 is 23.8 Å². The van der Waals surface area contributed by atoms with Crippen LogP contribution in [0.2, 0.25) is 5.02 Å². The molecule has 0 aromatic heterocycles. The van der Waals surface area contributed by atoms with Gasteiger partial charge >= 0.3 is 5.97 Å². The van der Waals surface area contributed by atoms with Gasteiger partial charge in [0.25, 0.3) is 11.8 Å². The van der Waals surface area contributed by atoms with Crippen LogP contribution in [-0.4, -0.2) is 50.9 Å². The van der Waals surface area contributed by atoms with E-state index in [2.05, 4.69) is 36.5 Å². The molecule has 0 bridgehead atoms. The third-order valence-electron chi connectivity index (χ3n) is 4.56. The molecule has 2 amide bonds. The van der Waals surface area contributed by atoms with Gasteiger partial charge in [0.15, 0.2) is 18.1 Å². The number of ether oxygens (including phenoxy) is 3. The highest BCUT2D eigenvalue weighted by molar-refractivity contribution is 9.10. The summed E-state index contributed by atoms with van der Waals surface area (Å²) in [6.07, 6.45) is 1.41. The Balaban J connectivity index is 2.09. The Bertz CT molecular complexity index is 1080. The summed E-state index contributed by atoms with van der Waals surface area (Å²) in [7, 11) is 2.71. The summed E-state index contributed by atoms with van der Waals surface area (Å²) >= 11 is 9.44. The fourth-order valence-electron chi connectivity index (χ4n) is 2.78. The highest BCUT2D eigenvalue weighted by Gasteiger charge is 2.25. The molecule has 0 radical (unpaired) electrons. The molecule has 182 valence electrons. The maximum atomic E-state index is 12.7. The zero-order chi connectivity index (χ0) is 25.3. The Morgan fingerprint density at radius 2 is 1.88 bits per heavy atom. The van der Waals surface area contributed by atoms with Gasteiger partial charge < -0.3 is 19.5 Å². The van der Waals surface area contributed by atoms with Gasteiger partial charge in [-0.25, -0.2) is 10.2 Å². The number of halogens is 2. The van der Waals surface area contributed by atoms with E-state index in [-0.39, 0.29) is 18.1 Å². The van der Waals surface area contributed by atoms with Crippen LogP contribution in [0.15, 0.2) is 46.0 Å². The van der Waals surface area contributed by atoms with Crippen molar-refractivity contribution >= 4 is 51.5 Å². The number of hydrogen-bond acceptors (Lipinski definition) is 7. The van der Waals surface area contributed by atoms with Crippen molar-refractivity contribution in [3.8, 4) is 11.5 Å². The van der Waals surface area contributed by atoms with E-state index in [0.29, 0.717) is 26.6 Å². The summed E-state index contributed by atoms with van der Waals surface area (Å²) in [6.45, 7) is 3.32. The summed E-state index contributed by atoms with van der Waals surface area (Å²) in [6, 6.07) is 9.03. The molecule has 0 heterocycles. The largest absolute Gasteiger partial charge is 0.493 e. The first-order valence-corrected chi connectivity index (χ1v) is 11.3. The molecule has 2 aromatic carbocycles. The molecular weight excluding hydrogens is 530 g/mol. The summed E-state index contributed by atoms with van der Waals surface area (Å²) in [5.74, 6) is -1.03. The monoisotopic (exact) mass is 553 g/mol. The molecule has 0 fully saturated rings. The van der Waals surface area contributed by atoms with Crippen molar-refractivity contribution in [3.05, 3.63) is 57.0 Å². The molecule has 2 rings (SSSR count). The molecule has 0 saturated carbocycles. The van der Waals surface area contributed by atoms with E-state index in [0.717, 1.165) is 0 Å². The molecule has 9 nitrogen and oxygen atoms in total. The Morgan fingerprint density at radius 1 is 1.18 bits per heavy atom. The van der Waals surface area contributed by atoms with Gasteiger partial charge in [0.05, 0.1) is 35.5 Å². The van der Waals surface area contributed by atoms with Gasteiger partial charge in [-0.2, -0.15) is 5.10 Å². The molecule has 34 heavy (non-hydrogen) atoms. The molecule has 0 aliphatic heterocycles. The molecule has 2 aromatic rings. The first-order chi connectivity index (χ1) is 16.2. The molecule has 0 saturated heterocycles. The fraction of sp³-hybridized carbons (Fsp3) is 0.304. The average Bonchev–Trinajstić information content (AvgIpc) is 2.81. The van der Waals surface area contributed by atoms with Crippen molar-refractivity contribution < 1.29 is 28.6 Å². The summed E-state index contributed by atoms with van der Waals surface area (Å²) in [4.78, 5) is 36.6. The lowest BCUT2D eigenvalue weighted by atomic mass is 10.0. The summed E-state index contributed by atoms with van der Waals surface area (Å²) in [5.41, 5.74) is 3.29. The predicted octanol–water partition coefficient (Wildman–Crippen LogP) is 3.57. The van der Waals surface area contributed by atoms with E-state index in [9.17, 15) is 14.4 Å². The van der Waals surface area contributed by atoms with Crippen LogP contribution in [0.5, 0.6) is 11.5 Å². The highest BCUT2D eigenvalue weighted by atomic mass is 79.9. The minimum Gasteiger partial charge on any atom is -0.493 e. The van der Waals surface area contributed by atoms with Crippen molar-refractivity contribution in [2.24, 2.45) is 11.0 Å². The zero-order valence-electron chi connectivity index (χ0n) is 19.1. The predicted molar refractivity (Wildman–Crippen MR) is 131 cm³/mol. The lowest BCUT2D eigenvalue weighted by Gasteiger charge is -2.20. The molecule has 0 aliphatic carbocycles. The van der Waals surface area contributed by atoms with Gasteiger partial charge in [-0.3, -0.25) is 9.59 Å². The van der Waals surface area contributed by atoms with Crippen LogP contribution in [0, 0.1) is 5.92 Å². The topological polar surface area (TPSA) is 115 Å². The van der Waals surface area contributed by atoms with Gasteiger partial charge in [-0.15, -0.1) is 0 Å². The van der Waals surface area contributed by atoms with Crippen molar-refractivity contribution in [1.29, 1.82) is 0 Å². The number of methoxy groups -OCH3 is 2. The molecule has 1 atom stereocenters. The molecule has 2 N–H and O–H groups in total. The van der Waals surface area contributed by atoms with Crippen molar-refractivity contribution in [2.45, 2.75) is 19.9 Å². The zero-order valence-corrected chi connectivity index (χ0v) is 21.4. The first kappa shape index (κ1) is 27.1. The van der Waals surface area contributed by atoms with Crippen LogP contribution in [0.3, 0.4) is 0 Å². The quantitative estimate of drug-likeness (QED) is 0.264. The van der Waals surface area contributed by atoms with Crippen LogP contribution in [0.4, 0.5) is 0 Å². The number of carbonyl (C=O) groups excluding carboxylic acids is 3. The van der Waals surface area contributed by atoms with Crippen molar-refractivity contribution in [3.63, 3.8) is 0 Å². The van der Waals surface area contributed by atoms with E-state index >= 15 is 0 Å². The van der Waals surface area contributed by atoms with Crippen LogP contribution >= 0.6 is 27.5 Å². The summed E-state index contributed by atoms with van der Waals surface area (Å²) < 4.78 is 15.8. The normalized spacial score (nSPS) is 11.7. The number of hydrazone groups is 1. The molecule has 1 unspecified atom stereocenters. The standard InChI is InChI=1S/C23H25BrClN3O6/c1-13(2)20(27-22(30)15-7-5-6-8-17(15)25)23(31)28-26-11-14-9-16(24)21(18(10-14)32-3)34-12-19(29)33-4/h5-11,13,20H,12H2,1-4H3,(H,27,30)(H,28,31)/b26-11+. The van der Waals surface area contributed by atoms with E-state index in [1.165, 1.54) is 20.4 Å². The molecule has 0 spiro atoms. The molecule has 11 heteroatoms. The number of hydrogen-bond donors (Lipinski definition) is 2. The van der Waals surface area contributed by atoms with E-state index in [1.807, 2.05) is 0 Å². The van der Waals surface area contributed by atoms with Gasteiger partial charge in [0.1, 0.15) is 6.04 Å². The van der Waals surface area contributed by atoms with Gasteiger partial charge in [0.2, 0.25) is 0 Å². The second-order valence-corrected chi connectivity index (χ2v) is 8.57. The average molecular weight is 555 g/mol. The van der Waals surface area contributed by atoms with Crippen LogP contribution in [-0.2, 0) is 14.3 Å². The Hall–Kier alpha value is -3.11. The van der Waals surface area contributed by atoms with Crippen molar-refractivity contribution in [1.82, 2.24) is 10.7 Å². The third kappa shape index (κ3) is 7.46.